The van der Waals surface area contributed by atoms with E-state index < -0.39 is 23.5 Å². The van der Waals surface area contributed by atoms with Gasteiger partial charge >= 0.3 is 12.0 Å². The van der Waals surface area contributed by atoms with Gasteiger partial charge in [-0.3, -0.25) is 20.4 Å². The lowest BCUT2D eigenvalue weighted by Crippen LogP contribution is -2.50. The summed E-state index contributed by atoms with van der Waals surface area (Å²) >= 11 is 0. The summed E-state index contributed by atoms with van der Waals surface area (Å²) in [6, 6.07) is 15.9. The molecule has 0 saturated heterocycles. The van der Waals surface area contributed by atoms with E-state index in [0.717, 1.165) is 29.7 Å². The van der Waals surface area contributed by atoms with Crippen LogP contribution in [0.15, 0.2) is 60.9 Å². The van der Waals surface area contributed by atoms with Crippen LogP contribution in [0.3, 0.4) is 0 Å². The maximum Gasteiger partial charge on any atom is 0.407 e. The van der Waals surface area contributed by atoms with Crippen LogP contribution in [0.1, 0.15) is 76.1 Å². The Bertz CT molecular complexity index is 1390. The third kappa shape index (κ3) is 8.18. The molecule has 1 aliphatic carbocycles. The van der Waals surface area contributed by atoms with E-state index in [4.69, 9.17) is 14.2 Å². The smallest absolute Gasteiger partial charge is 0.407 e. The Labute approximate surface area is 245 Å². The lowest BCUT2D eigenvalue weighted by atomic mass is 9.78. The monoisotopic (exact) mass is 575 g/mol. The molecule has 11 heteroatoms. The van der Waals surface area contributed by atoms with E-state index in [0.29, 0.717) is 11.5 Å². The molecule has 3 amide bonds. The normalized spacial score (nSPS) is 16.4. The van der Waals surface area contributed by atoms with Gasteiger partial charge in [0.1, 0.15) is 23.2 Å². The van der Waals surface area contributed by atoms with Crippen molar-refractivity contribution in [1.29, 1.82) is 0 Å². The highest BCUT2D eigenvalue weighted by molar-refractivity contribution is 5.91. The largest absolute Gasteiger partial charge is 0.490 e. The highest BCUT2D eigenvalue weighted by Gasteiger charge is 2.33. The van der Waals surface area contributed by atoms with Gasteiger partial charge in [-0.25, -0.2) is 14.8 Å². The minimum absolute atomic E-state index is 0.0545. The molecule has 0 spiro atoms. The molecule has 1 fully saturated rings. The zero-order valence-corrected chi connectivity index (χ0v) is 24.7. The molecule has 1 saturated carbocycles. The van der Waals surface area contributed by atoms with Gasteiger partial charge in [0.2, 0.25) is 11.7 Å². The van der Waals surface area contributed by atoms with Gasteiger partial charge in [-0.2, -0.15) is 0 Å². The summed E-state index contributed by atoms with van der Waals surface area (Å²) < 4.78 is 17.2. The molecule has 1 heterocycles. The van der Waals surface area contributed by atoms with Crippen molar-refractivity contribution in [3.05, 3.63) is 77.9 Å². The van der Waals surface area contributed by atoms with Crippen molar-refractivity contribution in [3.63, 3.8) is 0 Å². The molecule has 222 valence electrons. The SMILES string of the molecule is CC(=O)NNC(=O)c1ncc(Oc2ccc(C(C)(C)c3ccc(O[C@H]4C[C@H](NC(=O)OC(C)(C)C)C4)cc3)cc2)cn1. The molecular formula is C31H37N5O6. The maximum absolute atomic E-state index is 11.9. The van der Waals surface area contributed by atoms with E-state index in [9.17, 15) is 14.4 Å². The molecule has 0 aliphatic heterocycles. The Hall–Kier alpha value is -4.67. The molecule has 3 N–H and O–H groups in total. The van der Waals surface area contributed by atoms with Crippen LogP contribution in [0.25, 0.3) is 0 Å². The quantitative estimate of drug-likeness (QED) is 0.325. The number of ether oxygens (including phenoxy) is 3. The Morgan fingerprint density at radius 1 is 0.786 bits per heavy atom. The van der Waals surface area contributed by atoms with Gasteiger partial charge in [0.05, 0.1) is 12.4 Å². The number of benzene rings is 2. The van der Waals surface area contributed by atoms with Crippen LogP contribution in [0.4, 0.5) is 4.79 Å². The summed E-state index contributed by atoms with van der Waals surface area (Å²) in [5.74, 6) is 0.614. The van der Waals surface area contributed by atoms with E-state index in [2.05, 4.69) is 52.1 Å². The lowest BCUT2D eigenvalue weighted by molar-refractivity contribution is -0.119. The summed E-state index contributed by atoms with van der Waals surface area (Å²) in [7, 11) is 0. The minimum atomic E-state index is -0.632. The number of amides is 3. The molecule has 1 aliphatic rings. The second-order valence-corrected chi connectivity index (χ2v) is 11.7. The van der Waals surface area contributed by atoms with Gasteiger partial charge in [0, 0.05) is 31.2 Å². The third-order valence-electron chi connectivity index (χ3n) is 6.69. The molecule has 4 rings (SSSR count). The Kier molecular flexibility index (Phi) is 8.99. The second-order valence-electron chi connectivity index (χ2n) is 11.7. The molecule has 0 radical (unpaired) electrons. The van der Waals surface area contributed by atoms with Crippen LogP contribution < -0.4 is 25.6 Å². The van der Waals surface area contributed by atoms with Crippen LogP contribution in [-0.4, -0.2) is 45.6 Å². The number of hydrazine groups is 1. The van der Waals surface area contributed by atoms with Gasteiger partial charge in [-0.1, -0.05) is 38.1 Å². The number of hydrogen-bond donors (Lipinski definition) is 3. The van der Waals surface area contributed by atoms with Crippen LogP contribution in [-0.2, 0) is 14.9 Å². The molecule has 0 atom stereocenters. The van der Waals surface area contributed by atoms with E-state index >= 15 is 0 Å². The molecule has 1 aromatic heterocycles. The maximum atomic E-state index is 11.9. The topological polar surface area (TPSA) is 141 Å². The van der Waals surface area contributed by atoms with Crippen molar-refractivity contribution in [2.45, 2.75) is 77.5 Å². The first-order valence-corrected chi connectivity index (χ1v) is 13.7. The van der Waals surface area contributed by atoms with Crippen molar-refractivity contribution >= 4 is 17.9 Å². The van der Waals surface area contributed by atoms with E-state index in [1.807, 2.05) is 57.2 Å². The fraction of sp³-hybridized carbons (Fsp3) is 0.387. The number of alkyl carbamates (subject to hydrolysis) is 1. The Balaban J connectivity index is 1.28. The third-order valence-corrected chi connectivity index (χ3v) is 6.69. The highest BCUT2D eigenvalue weighted by Crippen LogP contribution is 2.35. The van der Waals surface area contributed by atoms with Gasteiger partial charge < -0.3 is 19.5 Å². The molecule has 2 aromatic carbocycles. The predicted molar refractivity (Wildman–Crippen MR) is 155 cm³/mol. The van der Waals surface area contributed by atoms with Crippen molar-refractivity contribution < 1.29 is 28.6 Å². The first-order chi connectivity index (χ1) is 19.8. The number of nitrogens with zero attached hydrogens (tertiary/aromatic N) is 2. The second kappa shape index (κ2) is 12.5. The van der Waals surface area contributed by atoms with Gasteiger partial charge in [0.15, 0.2) is 5.75 Å². The number of carbonyl (C=O) groups is 3. The zero-order chi connectivity index (χ0) is 30.5. The average molecular weight is 576 g/mol. The van der Waals surface area contributed by atoms with Gasteiger partial charge in [0.25, 0.3) is 0 Å². The van der Waals surface area contributed by atoms with Crippen molar-refractivity contribution in [3.8, 4) is 17.2 Å². The Morgan fingerprint density at radius 2 is 1.33 bits per heavy atom. The van der Waals surface area contributed by atoms with E-state index in [1.165, 1.54) is 19.3 Å². The van der Waals surface area contributed by atoms with Crippen LogP contribution >= 0.6 is 0 Å². The molecule has 0 bridgehead atoms. The Morgan fingerprint density at radius 3 is 1.86 bits per heavy atom. The lowest BCUT2D eigenvalue weighted by Gasteiger charge is -2.36. The summed E-state index contributed by atoms with van der Waals surface area (Å²) in [4.78, 5) is 42.7. The number of carbonyl (C=O) groups excluding carboxylic acids is 3. The molecule has 3 aromatic rings. The number of nitrogens with one attached hydrogen (secondary N) is 3. The van der Waals surface area contributed by atoms with Crippen LogP contribution in [0, 0.1) is 0 Å². The van der Waals surface area contributed by atoms with Gasteiger partial charge in [-0.15, -0.1) is 0 Å². The van der Waals surface area contributed by atoms with Crippen LogP contribution in [0.2, 0.25) is 0 Å². The summed E-state index contributed by atoms with van der Waals surface area (Å²) in [6.45, 7) is 11.1. The molecule has 0 unspecified atom stereocenters. The first-order valence-electron chi connectivity index (χ1n) is 13.7. The van der Waals surface area contributed by atoms with Crippen molar-refractivity contribution in [2.24, 2.45) is 0 Å². The number of hydrogen-bond acceptors (Lipinski definition) is 8. The first kappa shape index (κ1) is 30.3. The molecular weight excluding hydrogens is 538 g/mol. The molecule has 11 nitrogen and oxygen atoms in total. The highest BCUT2D eigenvalue weighted by atomic mass is 16.6. The number of aromatic nitrogens is 2. The minimum Gasteiger partial charge on any atom is -0.490 e. The van der Waals surface area contributed by atoms with Gasteiger partial charge in [-0.05, 0) is 56.2 Å². The standard InChI is InChI=1S/C31H37N5O6/c1-19(37)35-36-28(38)27-32-17-26(18-33-27)41-24-13-9-21(10-14-24)31(5,6)20-7-11-23(12-8-20)40-25-15-22(16-25)34-29(39)42-30(2,3)4/h7-14,17-18,22,25H,15-16H2,1-6H3,(H,34,39)(H,35,37)(H,36,38)/t22-,25-. The average Bonchev–Trinajstić information content (AvgIpc) is 2.90. The summed E-state index contributed by atoms with van der Waals surface area (Å²) in [5.41, 5.74) is 5.82. The number of rotatable bonds is 8. The van der Waals surface area contributed by atoms with Crippen LogP contribution in [0.5, 0.6) is 17.2 Å². The predicted octanol–water partition coefficient (Wildman–Crippen LogP) is 4.81. The van der Waals surface area contributed by atoms with E-state index in [-0.39, 0.29) is 23.4 Å². The fourth-order valence-corrected chi connectivity index (χ4v) is 4.33. The zero-order valence-electron chi connectivity index (χ0n) is 24.7. The van der Waals surface area contributed by atoms with Crippen molar-refractivity contribution in [1.82, 2.24) is 26.1 Å². The summed E-state index contributed by atoms with van der Waals surface area (Å²) in [6.07, 6.45) is 3.92. The van der Waals surface area contributed by atoms with Crippen molar-refractivity contribution in [2.75, 3.05) is 0 Å². The molecule has 42 heavy (non-hydrogen) atoms. The van der Waals surface area contributed by atoms with E-state index in [1.54, 1.807) is 0 Å². The fourth-order valence-electron chi connectivity index (χ4n) is 4.33. The summed E-state index contributed by atoms with van der Waals surface area (Å²) in [5, 5.41) is 2.88.